The van der Waals surface area contributed by atoms with Crippen molar-refractivity contribution in [2.24, 2.45) is 0 Å². The zero-order chi connectivity index (χ0) is 17.6. The Morgan fingerprint density at radius 2 is 1.50 bits per heavy atom. The number of hydrogen-bond donors (Lipinski definition) is 0. The van der Waals surface area contributed by atoms with Gasteiger partial charge in [0.2, 0.25) is 5.89 Å². The largest absolute Gasteiger partial charge is 0.457 e. The third kappa shape index (κ3) is 4.13. The summed E-state index contributed by atoms with van der Waals surface area (Å²) in [5, 5.41) is 8.78. The van der Waals surface area contributed by atoms with Gasteiger partial charge in [0, 0.05) is 11.3 Å². The molecule has 0 aliphatic carbocycles. The molecule has 0 spiro atoms. The summed E-state index contributed by atoms with van der Waals surface area (Å²) in [4.78, 5) is 0. The highest BCUT2D eigenvalue weighted by Gasteiger charge is 2.09. The Morgan fingerprint density at radius 3 is 2.31 bits per heavy atom. The minimum atomic E-state index is 0.536. The Bertz CT molecular complexity index is 971. The highest BCUT2D eigenvalue weighted by atomic mass is 32.2. The van der Waals surface area contributed by atoms with Crippen molar-refractivity contribution in [1.82, 2.24) is 10.2 Å². The molecule has 5 heteroatoms. The lowest BCUT2D eigenvalue weighted by Gasteiger charge is -2.07. The van der Waals surface area contributed by atoms with Crippen LogP contribution in [0.2, 0.25) is 0 Å². The highest BCUT2D eigenvalue weighted by Crippen LogP contribution is 2.28. The predicted molar refractivity (Wildman–Crippen MR) is 102 cm³/mol. The molecule has 0 saturated carbocycles. The van der Waals surface area contributed by atoms with Crippen LogP contribution in [-0.2, 0) is 5.75 Å². The number of thioether (sulfide) groups is 1. The third-order valence-corrected chi connectivity index (χ3v) is 4.56. The predicted octanol–water partition coefficient (Wildman–Crippen LogP) is 5.82. The van der Waals surface area contributed by atoms with Gasteiger partial charge in [0.25, 0.3) is 5.22 Å². The molecule has 1 heterocycles. The number of para-hydroxylation sites is 1. The molecular weight excluding hydrogens is 344 g/mol. The molecule has 4 rings (SSSR count). The molecule has 0 aliphatic rings. The van der Waals surface area contributed by atoms with Crippen molar-refractivity contribution in [2.45, 2.75) is 11.0 Å². The van der Waals surface area contributed by atoms with Crippen molar-refractivity contribution in [3.63, 3.8) is 0 Å². The molecule has 0 N–H and O–H groups in total. The van der Waals surface area contributed by atoms with E-state index < -0.39 is 0 Å². The molecule has 0 radical (unpaired) electrons. The van der Waals surface area contributed by atoms with E-state index in [9.17, 15) is 0 Å². The van der Waals surface area contributed by atoms with Crippen LogP contribution in [0, 0.1) is 0 Å². The Hall–Kier alpha value is -3.05. The topological polar surface area (TPSA) is 48.2 Å². The molecule has 0 saturated heterocycles. The number of benzene rings is 3. The second-order valence-corrected chi connectivity index (χ2v) is 6.52. The number of ether oxygens (including phenoxy) is 1. The lowest BCUT2D eigenvalue weighted by molar-refractivity contribution is 0.465. The van der Waals surface area contributed by atoms with Gasteiger partial charge in [-0.05, 0) is 42.0 Å². The quantitative estimate of drug-likeness (QED) is 0.405. The Labute approximate surface area is 155 Å². The molecular formula is C21H16N2O2S. The number of rotatable bonds is 6. The van der Waals surface area contributed by atoms with Crippen LogP contribution in [0.25, 0.3) is 11.5 Å². The van der Waals surface area contributed by atoms with Crippen LogP contribution >= 0.6 is 11.8 Å². The maximum Gasteiger partial charge on any atom is 0.277 e. The average molecular weight is 360 g/mol. The van der Waals surface area contributed by atoms with Gasteiger partial charge in [-0.2, -0.15) is 0 Å². The molecule has 128 valence electrons. The molecule has 0 fully saturated rings. The van der Waals surface area contributed by atoms with E-state index in [0.29, 0.717) is 11.1 Å². The Morgan fingerprint density at radius 1 is 0.769 bits per heavy atom. The van der Waals surface area contributed by atoms with Gasteiger partial charge < -0.3 is 9.15 Å². The van der Waals surface area contributed by atoms with E-state index in [1.165, 1.54) is 11.8 Å². The summed E-state index contributed by atoms with van der Waals surface area (Å²) in [5.74, 6) is 2.89. The number of nitrogens with zero attached hydrogens (tertiary/aromatic N) is 2. The average Bonchev–Trinajstić information content (AvgIpc) is 3.17. The first kappa shape index (κ1) is 16.4. The van der Waals surface area contributed by atoms with Gasteiger partial charge in [-0.25, -0.2) is 0 Å². The molecule has 4 aromatic rings. The van der Waals surface area contributed by atoms with Crippen molar-refractivity contribution in [2.75, 3.05) is 0 Å². The fourth-order valence-corrected chi connectivity index (χ4v) is 3.14. The second-order valence-electron chi connectivity index (χ2n) is 5.59. The van der Waals surface area contributed by atoms with Crippen molar-refractivity contribution in [3.8, 4) is 23.0 Å². The summed E-state index contributed by atoms with van der Waals surface area (Å²) < 4.78 is 11.6. The lowest BCUT2D eigenvalue weighted by Crippen LogP contribution is -1.86. The summed E-state index contributed by atoms with van der Waals surface area (Å²) in [7, 11) is 0. The van der Waals surface area contributed by atoms with Crippen molar-refractivity contribution >= 4 is 11.8 Å². The smallest absolute Gasteiger partial charge is 0.277 e. The van der Waals surface area contributed by atoms with E-state index in [0.717, 1.165) is 28.4 Å². The first-order chi connectivity index (χ1) is 12.9. The molecule has 0 unspecified atom stereocenters. The molecule has 1 aromatic heterocycles. The maximum atomic E-state index is 5.87. The summed E-state index contributed by atoms with van der Waals surface area (Å²) in [6, 6.07) is 27.5. The van der Waals surface area contributed by atoms with E-state index >= 15 is 0 Å². The van der Waals surface area contributed by atoms with Crippen LogP contribution in [0.4, 0.5) is 0 Å². The van der Waals surface area contributed by atoms with Gasteiger partial charge in [0.15, 0.2) is 0 Å². The van der Waals surface area contributed by atoms with Crippen LogP contribution < -0.4 is 4.74 Å². The van der Waals surface area contributed by atoms with E-state index in [1.807, 2.05) is 78.9 Å². The van der Waals surface area contributed by atoms with Crippen LogP contribution in [-0.4, -0.2) is 10.2 Å². The Balaban J connectivity index is 1.41. The Kier molecular flexibility index (Phi) is 4.98. The van der Waals surface area contributed by atoms with Gasteiger partial charge in [0.1, 0.15) is 11.5 Å². The zero-order valence-electron chi connectivity index (χ0n) is 13.9. The fraction of sp³-hybridized carbons (Fsp3) is 0.0476. The van der Waals surface area contributed by atoms with E-state index in [2.05, 4.69) is 16.3 Å². The monoisotopic (exact) mass is 360 g/mol. The van der Waals surface area contributed by atoms with Gasteiger partial charge in [-0.15, -0.1) is 10.2 Å². The first-order valence-electron chi connectivity index (χ1n) is 8.20. The molecule has 3 aromatic carbocycles. The number of hydrogen-bond acceptors (Lipinski definition) is 5. The summed E-state index contributed by atoms with van der Waals surface area (Å²) in [5.41, 5.74) is 2.05. The minimum Gasteiger partial charge on any atom is -0.457 e. The third-order valence-electron chi connectivity index (χ3n) is 3.67. The van der Waals surface area contributed by atoms with Gasteiger partial charge >= 0.3 is 0 Å². The van der Waals surface area contributed by atoms with Gasteiger partial charge in [0.05, 0.1) is 0 Å². The minimum absolute atomic E-state index is 0.536. The van der Waals surface area contributed by atoms with Crippen LogP contribution in [0.3, 0.4) is 0 Å². The fourth-order valence-electron chi connectivity index (χ4n) is 2.43. The molecule has 4 nitrogen and oxygen atoms in total. The van der Waals surface area contributed by atoms with Crippen molar-refractivity contribution in [3.05, 3.63) is 90.5 Å². The molecule has 0 amide bonds. The maximum absolute atomic E-state index is 5.87. The first-order valence-corrected chi connectivity index (χ1v) is 9.19. The van der Waals surface area contributed by atoms with Crippen molar-refractivity contribution in [1.29, 1.82) is 0 Å². The van der Waals surface area contributed by atoms with Crippen LogP contribution in [0.1, 0.15) is 5.56 Å². The standard InChI is InChI=1S/C21H16N2O2S/c1-3-9-17(10-4-1)20-22-23-21(25-20)26-15-16-8-7-13-19(14-16)24-18-11-5-2-6-12-18/h1-14H,15H2. The van der Waals surface area contributed by atoms with E-state index in [-0.39, 0.29) is 0 Å². The van der Waals surface area contributed by atoms with Crippen LogP contribution in [0.15, 0.2) is 94.6 Å². The summed E-state index contributed by atoms with van der Waals surface area (Å²) >= 11 is 1.51. The van der Waals surface area contributed by atoms with Gasteiger partial charge in [-0.1, -0.05) is 60.3 Å². The van der Waals surface area contributed by atoms with E-state index in [1.54, 1.807) is 0 Å². The summed E-state index contributed by atoms with van der Waals surface area (Å²) in [6.45, 7) is 0. The van der Waals surface area contributed by atoms with E-state index in [4.69, 9.17) is 9.15 Å². The molecule has 0 bridgehead atoms. The lowest BCUT2D eigenvalue weighted by atomic mass is 10.2. The second kappa shape index (κ2) is 7.89. The number of aromatic nitrogens is 2. The molecule has 0 aliphatic heterocycles. The van der Waals surface area contributed by atoms with Gasteiger partial charge in [-0.3, -0.25) is 0 Å². The normalized spacial score (nSPS) is 10.6. The summed E-state index contributed by atoms with van der Waals surface area (Å²) in [6.07, 6.45) is 0. The molecule has 26 heavy (non-hydrogen) atoms. The van der Waals surface area contributed by atoms with Crippen LogP contribution in [0.5, 0.6) is 11.5 Å². The van der Waals surface area contributed by atoms with Crippen molar-refractivity contribution < 1.29 is 9.15 Å². The molecule has 0 atom stereocenters. The highest BCUT2D eigenvalue weighted by molar-refractivity contribution is 7.98. The SMILES string of the molecule is c1ccc(Oc2cccc(CSc3nnc(-c4ccccc4)o3)c2)cc1. The zero-order valence-corrected chi connectivity index (χ0v) is 14.7.